The van der Waals surface area contributed by atoms with Gasteiger partial charge in [-0.2, -0.15) is 0 Å². The zero-order valence-corrected chi connectivity index (χ0v) is 22.1. The number of ether oxygens (including phenoxy) is 2. The molecule has 4 rings (SSSR count). The molecule has 35 heavy (non-hydrogen) atoms. The average molecular weight is 513 g/mol. The van der Waals surface area contributed by atoms with Crippen molar-refractivity contribution in [3.05, 3.63) is 59.2 Å². The van der Waals surface area contributed by atoms with Gasteiger partial charge in [-0.25, -0.2) is 22.7 Å². The van der Waals surface area contributed by atoms with Crippen LogP contribution < -0.4 is 14.8 Å². The van der Waals surface area contributed by atoms with Crippen molar-refractivity contribution in [1.29, 1.82) is 0 Å². The molecule has 4 aromatic rings. The van der Waals surface area contributed by atoms with Gasteiger partial charge in [0.15, 0.2) is 11.5 Å². The minimum atomic E-state index is -3.57. The SMILES string of the molecule is COc1cc2nc(C)nc(NC(C)c3ccc(-c4ccccc4S(=O)(=O)N(C)C)s3)c2cc1OC. The molecule has 10 heteroatoms. The highest BCUT2D eigenvalue weighted by molar-refractivity contribution is 7.89. The summed E-state index contributed by atoms with van der Waals surface area (Å²) in [5.74, 6) is 2.52. The van der Waals surface area contributed by atoms with Crippen LogP contribution in [0, 0.1) is 6.92 Å². The minimum Gasteiger partial charge on any atom is -0.493 e. The predicted octanol–water partition coefficient (Wildman–Crippen LogP) is 5.11. The molecule has 0 fully saturated rings. The molecule has 1 unspecified atom stereocenters. The van der Waals surface area contributed by atoms with Gasteiger partial charge in [-0.15, -0.1) is 11.3 Å². The molecule has 0 saturated carbocycles. The third kappa shape index (κ3) is 4.82. The molecule has 0 amide bonds. The Morgan fingerprint density at radius 3 is 2.37 bits per heavy atom. The Kier molecular flexibility index (Phi) is 6.98. The van der Waals surface area contributed by atoms with Crippen LogP contribution in [0.3, 0.4) is 0 Å². The van der Waals surface area contributed by atoms with Gasteiger partial charge >= 0.3 is 0 Å². The van der Waals surface area contributed by atoms with Crippen LogP contribution >= 0.6 is 11.3 Å². The molecule has 0 saturated heterocycles. The highest BCUT2D eigenvalue weighted by Crippen LogP contribution is 2.38. The van der Waals surface area contributed by atoms with E-state index in [1.54, 1.807) is 37.7 Å². The van der Waals surface area contributed by atoms with E-state index in [0.717, 1.165) is 20.7 Å². The predicted molar refractivity (Wildman–Crippen MR) is 140 cm³/mol. The molecule has 0 aliphatic heterocycles. The first kappa shape index (κ1) is 24.9. The van der Waals surface area contributed by atoms with Gasteiger partial charge in [-0.05, 0) is 38.1 Å². The smallest absolute Gasteiger partial charge is 0.243 e. The number of nitrogens with one attached hydrogen (secondary N) is 1. The minimum absolute atomic E-state index is 0.0861. The van der Waals surface area contributed by atoms with Crippen molar-refractivity contribution in [1.82, 2.24) is 14.3 Å². The molecule has 0 radical (unpaired) electrons. The molecule has 2 aromatic carbocycles. The van der Waals surface area contributed by atoms with Crippen molar-refractivity contribution in [3.8, 4) is 21.9 Å². The molecule has 2 aromatic heterocycles. The lowest BCUT2D eigenvalue weighted by Gasteiger charge is -2.17. The van der Waals surface area contributed by atoms with Gasteiger partial charge in [-0.1, -0.05) is 18.2 Å². The first-order valence-corrected chi connectivity index (χ1v) is 13.2. The van der Waals surface area contributed by atoms with Gasteiger partial charge in [-0.3, -0.25) is 0 Å². The topological polar surface area (TPSA) is 93.7 Å². The number of sulfonamides is 1. The standard InChI is InChI=1S/C25H28N4O4S2/c1-15(26-25-18-13-20(32-5)21(33-6)14-19(18)27-16(2)28-25)22-11-12-23(34-22)17-9-7-8-10-24(17)35(30,31)29(3)4/h7-15H,1-6H3,(H,26,27,28). The summed E-state index contributed by atoms with van der Waals surface area (Å²) in [6.07, 6.45) is 0. The second-order valence-electron chi connectivity index (χ2n) is 8.20. The van der Waals surface area contributed by atoms with Crippen LogP contribution in [0.25, 0.3) is 21.3 Å². The number of nitrogens with zero attached hydrogens (tertiary/aromatic N) is 3. The van der Waals surface area contributed by atoms with Crippen LogP contribution in [-0.2, 0) is 10.0 Å². The number of methoxy groups -OCH3 is 2. The van der Waals surface area contributed by atoms with Crippen LogP contribution in [0.15, 0.2) is 53.4 Å². The summed E-state index contributed by atoms with van der Waals surface area (Å²) in [6, 6.07) is 14.7. The van der Waals surface area contributed by atoms with Crippen molar-refractivity contribution >= 4 is 38.1 Å². The third-order valence-corrected chi connectivity index (χ3v) is 8.81. The molecule has 1 N–H and O–H groups in total. The highest BCUT2D eigenvalue weighted by atomic mass is 32.2. The summed E-state index contributed by atoms with van der Waals surface area (Å²) < 4.78 is 37.8. The molecule has 0 aliphatic carbocycles. The maximum Gasteiger partial charge on any atom is 0.243 e. The molecular formula is C25H28N4O4S2. The van der Waals surface area contributed by atoms with Gasteiger partial charge in [0.25, 0.3) is 0 Å². The maximum atomic E-state index is 12.8. The van der Waals surface area contributed by atoms with E-state index in [1.807, 2.05) is 50.2 Å². The Morgan fingerprint density at radius 1 is 1.00 bits per heavy atom. The summed E-state index contributed by atoms with van der Waals surface area (Å²) in [6.45, 7) is 3.89. The number of anilines is 1. The van der Waals surface area contributed by atoms with E-state index in [0.29, 0.717) is 28.7 Å². The Hall–Kier alpha value is -3.21. The van der Waals surface area contributed by atoms with Crippen molar-refractivity contribution < 1.29 is 17.9 Å². The van der Waals surface area contributed by atoms with Crippen LogP contribution in [0.2, 0.25) is 0 Å². The fourth-order valence-corrected chi connectivity index (χ4v) is 5.99. The molecule has 184 valence electrons. The lowest BCUT2D eigenvalue weighted by atomic mass is 10.1. The Morgan fingerprint density at radius 2 is 1.69 bits per heavy atom. The molecule has 0 bridgehead atoms. The van der Waals surface area contributed by atoms with Gasteiger partial charge in [0, 0.05) is 40.9 Å². The molecule has 8 nitrogen and oxygen atoms in total. The summed E-state index contributed by atoms with van der Waals surface area (Å²) in [5, 5.41) is 4.31. The highest BCUT2D eigenvalue weighted by Gasteiger charge is 2.23. The number of hydrogen-bond donors (Lipinski definition) is 1. The van der Waals surface area contributed by atoms with E-state index in [9.17, 15) is 8.42 Å². The number of fused-ring (bicyclic) bond motifs is 1. The van der Waals surface area contributed by atoms with Crippen molar-refractivity contribution in [3.63, 3.8) is 0 Å². The number of thiophene rings is 1. The zero-order chi connectivity index (χ0) is 25.3. The second-order valence-corrected chi connectivity index (χ2v) is 11.4. The van der Waals surface area contributed by atoms with Crippen LogP contribution in [0.5, 0.6) is 11.5 Å². The van der Waals surface area contributed by atoms with Crippen LogP contribution in [0.1, 0.15) is 23.7 Å². The van der Waals surface area contributed by atoms with Gasteiger partial charge in [0.05, 0.1) is 30.7 Å². The van der Waals surface area contributed by atoms with E-state index in [2.05, 4.69) is 15.3 Å². The lowest BCUT2D eigenvalue weighted by Crippen LogP contribution is -2.22. The van der Waals surface area contributed by atoms with E-state index < -0.39 is 10.0 Å². The first-order chi connectivity index (χ1) is 16.6. The van der Waals surface area contributed by atoms with Crippen LogP contribution in [0.4, 0.5) is 5.82 Å². The van der Waals surface area contributed by atoms with E-state index in [4.69, 9.17) is 9.47 Å². The summed E-state index contributed by atoms with van der Waals surface area (Å²) >= 11 is 1.55. The fourth-order valence-electron chi connectivity index (χ4n) is 3.78. The zero-order valence-electron chi connectivity index (χ0n) is 20.5. The van der Waals surface area contributed by atoms with Gasteiger partial charge < -0.3 is 14.8 Å². The lowest BCUT2D eigenvalue weighted by molar-refractivity contribution is 0.356. The molecule has 2 heterocycles. The molecule has 0 spiro atoms. The second kappa shape index (κ2) is 9.80. The van der Waals surface area contributed by atoms with E-state index in [-0.39, 0.29) is 10.9 Å². The largest absolute Gasteiger partial charge is 0.493 e. The fraction of sp³-hybridized carbons (Fsp3) is 0.280. The maximum absolute atomic E-state index is 12.8. The molecular weight excluding hydrogens is 484 g/mol. The number of benzene rings is 2. The van der Waals surface area contributed by atoms with E-state index in [1.165, 1.54) is 18.4 Å². The summed E-state index contributed by atoms with van der Waals surface area (Å²) in [5.41, 5.74) is 1.43. The Labute approximate surface area is 209 Å². The third-order valence-electron chi connectivity index (χ3n) is 5.63. The summed E-state index contributed by atoms with van der Waals surface area (Å²) in [4.78, 5) is 11.4. The van der Waals surface area contributed by atoms with Gasteiger partial charge in [0.2, 0.25) is 10.0 Å². The summed E-state index contributed by atoms with van der Waals surface area (Å²) in [7, 11) is 2.69. The van der Waals surface area contributed by atoms with Crippen LogP contribution in [-0.4, -0.2) is 51.0 Å². The average Bonchev–Trinajstić information content (AvgIpc) is 3.33. The van der Waals surface area contributed by atoms with Crippen molar-refractivity contribution in [2.24, 2.45) is 0 Å². The quantitative estimate of drug-likeness (QED) is 0.351. The normalized spacial score (nSPS) is 12.7. The molecule has 1 atom stereocenters. The molecule has 0 aliphatic rings. The van der Waals surface area contributed by atoms with Crippen molar-refractivity contribution in [2.45, 2.75) is 24.8 Å². The Bertz CT molecular complexity index is 1480. The number of aromatic nitrogens is 2. The monoisotopic (exact) mass is 512 g/mol. The number of aryl methyl sites for hydroxylation is 1. The Balaban J connectivity index is 1.69. The first-order valence-electron chi connectivity index (χ1n) is 10.9. The number of hydrogen-bond acceptors (Lipinski definition) is 8. The van der Waals surface area contributed by atoms with Crippen molar-refractivity contribution in [2.75, 3.05) is 33.6 Å². The number of rotatable bonds is 8. The van der Waals surface area contributed by atoms with Gasteiger partial charge in [0.1, 0.15) is 11.6 Å². The van der Waals surface area contributed by atoms with E-state index >= 15 is 0 Å².